The molecular formula is C24H28N2O6. The number of carbonyl (C=O) groups is 3. The molecule has 0 saturated carbocycles. The van der Waals surface area contributed by atoms with Crippen LogP contribution >= 0.6 is 0 Å². The van der Waals surface area contributed by atoms with E-state index in [9.17, 15) is 14.4 Å². The van der Waals surface area contributed by atoms with Gasteiger partial charge in [0, 0.05) is 25.5 Å². The number of carboxylic acids is 1. The molecule has 0 heterocycles. The molecule has 0 spiro atoms. The van der Waals surface area contributed by atoms with Crippen LogP contribution in [0.1, 0.15) is 37.3 Å². The maximum absolute atomic E-state index is 12.5. The van der Waals surface area contributed by atoms with Gasteiger partial charge in [-0.3, -0.25) is 4.79 Å². The van der Waals surface area contributed by atoms with Crippen LogP contribution in [0.15, 0.2) is 48.5 Å². The van der Waals surface area contributed by atoms with Crippen molar-refractivity contribution in [1.29, 1.82) is 0 Å². The summed E-state index contributed by atoms with van der Waals surface area (Å²) < 4.78 is 5.46. The van der Waals surface area contributed by atoms with E-state index in [2.05, 4.69) is 22.8 Å². The summed E-state index contributed by atoms with van der Waals surface area (Å²) in [6.45, 7) is 2.93. The SMILES string of the molecule is CC(C)(CNC(=O)OCC1c2ccccc2-c2ccccc21)C(=O)NC(CCO)C(=O)O. The Balaban J connectivity index is 1.56. The lowest BCUT2D eigenvalue weighted by molar-refractivity contribution is -0.143. The van der Waals surface area contributed by atoms with Crippen molar-refractivity contribution in [3.05, 3.63) is 59.7 Å². The number of fused-ring (bicyclic) bond motifs is 3. The number of nitrogens with one attached hydrogen (secondary N) is 2. The first-order valence-corrected chi connectivity index (χ1v) is 10.5. The molecule has 8 heteroatoms. The molecule has 1 atom stereocenters. The Kier molecular flexibility index (Phi) is 7.15. The maximum Gasteiger partial charge on any atom is 0.407 e. The van der Waals surface area contributed by atoms with Crippen molar-refractivity contribution in [2.24, 2.45) is 5.41 Å². The fourth-order valence-electron chi connectivity index (χ4n) is 3.76. The molecule has 170 valence electrons. The van der Waals surface area contributed by atoms with E-state index in [4.69, 9.17) is 14.9 Å². The highest BCUT2D eigenvalue weighted by Gasteiger charge is 2.33. The van der Waals surface area contributed by atoms with Crippen molar-refractivity contribution >= 4 is 18.0 Å². The zero-order valence-corrected chi connectivity index (χ0v) is 18.1. The molecular weight excluding hydrogens is 412 g/mol. The van der Waals surface area contributed by atoms with Gasteiger partial charge in [0.1, 0.15) is 12.6 Å². The van der Waals surface area contributed by atoms with Crippen LogP contribution in [-0.4, -0.2) is 54.0 Å². The van der Waals surface area contributed by atoms with Gasteiger partial charge in [-0.05, 0) is 36.1 Å². The van der Waals surface area contributed by atoms with Crippen molar-refractivity contribution in [1.82, 2.24) is 10.6 Å². The third-order valence-electron chi connectivity index (χ3n) is 5.65. The molecule has 1 aliphatic rings. The Labute approximate surface area is 186 Å². The average molecular weight is 440 g/mol. The Morgan fingerprint density at radius 3 is 2.12 bits per heavy atom. The van der Waals surface area contributed by atoms with Gasteiger partial charge in [0.05, 0.1) is 5.41 Å². The van der Waals surface area contributed by atoms with E-state index in [0.29, 0.717) is 0 Å². The summed E-state index contributed by atoms with van der Waals surface area (Å²) in [6, 6.07) is 14.8. The van der Waals surface area contributed by atoms with Crippen LogP contribution in [0.4, 0.5) is 4.79 Å². The second-order valence-corrected chi connectivity index (χ2v) is 8.44. The highest BCUT2D eigenvalue weighted by molar-refractivity contribution is 5.87. The third-order valence-corrected chi connectivity index (χ3v) is 5.65. The molecule has 2 aromatic carbocycles. The van der Waals surface area contributed by atoms with E-state index < -0.39 is 29.4 Å². The maximum atomic E-state index is 12.5. The quantitative estimate of drug-likeness (QED) is 0.475. The molecule has 0 fully saturated rings. The molecule has 2 aromatic rings. The van der Waals surface area contributed by atoms with Crippen molar-refractivity contribution in [2.45, 2.75) is 32.2 Å². The van der Waals surface area contributed by atoms with Crippen molar-refractivity contribution in [2.75, 3.05) is 19.8 Å². The standard InChI is InChI=1S/C24H28N2O6/c1-24(2,22(30)26-20(11-12-27)21(28)29)14-25-23(31)32-13-19-17-9-5-3-7-15(17)16-8-4-6-10-18(16)19/h3-10,19-20,27H,11-14H2,1-2H3,(H,25,31)(H,26,30)(H,28,29). The Bertz CT molecular complexity index is 958. The summed E-state index contributed by atoms with van der Waals surface area (Å²) >= 11 is 0. The summed E-state index contributed by atoms with van der Waals surface area (Å²) in [6.07, 6.45) is -0.755. The van der Waals surface area contributed by atoms with E-state index in [0.717, 1.165) is 22.3 Å². The molecule has 0 aromatic heterocycles. The summed E-state index contributed by atoms with van der Waals surface area (Å²) in [7, 11) is 0. The molecule has 1 unspecified atom stereocenters. The minimum Gasteiger partial charge on any atom is -0.480 e. The zero-order valence-electron chi connectivity index (χ0n) is 18.1. The highest BCUT2D eigenvalue weighted by atomic mass is 16.5. The van der Waals surface area contributed by atoms with Gasteiger partial charge in [0.25, 0.3) is 0 Å². The number of carbonyl (C=O) groups excluding carboxylic acids is 2. The van der Waals surface area contributed by atoms with Crippen LogP contribution in [0, 0.1) is 5.41 Å². The summed E-state index contributed by atoms with van der Waals surface area (Å²) in [5, 5.41) is 23.1. The number of hydrogen-bond donors (Lipinski definition) is 4. The van der Waals surface area contributed by atoms with E-state index in [1.165, 1.54) is 0 Å². The van der Waals surface area contributed by atoms with Crippen LogP contribution in [0.25, 0.3) is 11.1 Å². The van der Waals surface area contributed by atoms with E-state index >= 15 is 0 Å². The lowest BCUT2D eigenvalue weighted by atomic mass is 9.91. The molecule has 0 saturated heterocycles. The smallest absolute Gasteiger partial charge is 0.407 e. The van der Waals surface area contributed by atoms with Crippen LogP contribution in [0.2, 0.25) is 0 Å². The minimum absolute atomic E-state index is 0.0407. The number of aliphatic hydroxyl groups is 1. The van der Waals surface area contributed by atoms with Gasteiger partial charge in [-0.25, -0.2) is 9.59 Å². The largest absolute Gasteiger partial charge is 0.480 e. The summed E-state index contributed by atoms with van der Waals surface area (Å²) in [5.74, 6) is -1.84. The number of hydrogen-bond acceptors (Lipinski definition) is 5. The number of alkyl carbamates (subject to hydrolysis) is 1. The second-order valence-electron chi connectivity index (χ2n) is 8.44. The Morgan fingerprint density at radius 2 is 1.59 bits per heavy atom. The van der Waals surface area contributed by atoms with Crippen LogP contribution < -0.4 is 10.6 Å². The van der Waals surface area contributed by atoms with Gasteiger partial charge in [-0.2, -0.15) is 0 Å². The Morgan fingerprint density at radius 1 is 1.03 bits per heavy atom. The number of aliphatic carboxylic acids is 1. The van der Waals surface area contributed by atoms with Gasteiger partial charge in [-0.15, -0.1) is 0 Å². The number of rotatable bonds is 9. The normalized spacial score (nSPS) is 13.6. The average Bonchev–Trinajstić information content (AvgIpc) is 3.09. The van der Waals surface area contributed by atoms with Crippen LogP contribution in [0.3, 0.4) is 0 Å². The molecule has 0 radical (unpaired) electrons. The lowest BCUT2D eigenvalue weighted by Gasteiger charge is -2.26. The number of aliphatic hydroxyl groups excluding tert-OH is 1. The fraction of sp³-hybridized carbons (Fsp3) is 0.375. The molecule has 8 nitrogen and oxygen atoms in total. The molecule has 4 N–H and O–H groups in total. The van der Waals surface area contributed by atoms with Gasteiger partial charge >= 0.3 is 12.1 Å². The molecule has 3 rings (SSSR count). The number of ether oxygens (including phenoxy) is 1. The number of benzene rings is 2. The lowest BCUT2D eigenvalue weighted by Crippen LogP contribution is -2.50. The predicted octanol–water partition coefficient (Wildman–Crippen LogP) is 2.50. The van der Waals surface area contributed by atoms with E-state index in [1.54, 1.807) is 13.8 Å². The summed E-state index contributed by atoms with van der Waals surface area (Å²) in [5.41, 5.74) is 3.39. The second kappa shape index (κ2) is 9.82. The van der Waals surface area contributed by atoms with Gasteiger partial charge in [0.2, 0.25) is 5.91 Å². The van der Waals surface area contributed by atoms with Crippen LogP contribution in [0.5, 0.6) is 0 Å². The topological polar surface area (TPSA) is 125 Å². The Hall–Kier alpha value is -3.39. The fourth-order valence-corrected chi connectivity index (χ4v) is 3.76. The number of carboxylic acid groups (broad SMARTS) is 1. The first-order valence-electron chi connectivity index (χ1n) is 10.5. The predicted molar refractivity (Wildman–Crippen MR) is 118 cm³/mol. The molecule has 32 heavy (non-hydrogen) atoms. The van der Waals surface area contributed by atoms with Crippen LogP contribution in [-0.2, 0) is 14.3 Å². The first kappa shape index (κ1) is 23.3. The molecule has 1 aliphatic carbocycles. The minimum atomic E-state index is -1.23. The van der Waals surface area contributed by atoms with Gasteiger partial charge < -0.3 is 25.6 Å². The molecule has 2 amide bonds. The third kappa shape index (κ3) is 5.08. The number of amides is 2. The van der Waals surface area contributed by atoms with E-state index in [1.807, 2.05) is 36.4 Å². The molecule has 0 aliphatic heterocycles. The van der Waals surface area contributed by atoms with Crippen molar-refractivity contribution < 1.29 is 29.3 Å². The van der Waals surface area contributed by atoms with Gasteiger partial charge in [-0.1, -0.05) is 48.5 Å². The van der Waals surface area contributed by atoms with E-state index in [-0.39, 0.29) is 32.1 Å². The zero-order chi connectivity index (χ0) is 23.3. The summed E-state index contributed by atoms with van der Waals surface area (Å²) in [4.78, 5) is 36.0. The first-order chi connectivity index (χ1) is 15.2. The van der Waals surface area contributed by atoms with Gasteiger partial charge in [0.15, 0.2) is 0 Å². The highest BCUT2D eigenvalue weighted by Crippen LogP contribution is 2.44. The van der Waals surface area contributed by atoms with Crippen molar-refractivity contribution in [3.63, 3.8) is 0 Å². The molecule has 0 bridgehead atoms. The van der Waals surface area contributed by atoms with Crippen molar-refractivity contribution in [3.8, 4) is 11.1 Å². The monoisotopic (exact) mass is 440 g/mol.